The minimum Gasteiger partial charge on any atom is -0.489 e. The number of carbonyl (C=O) groups excluding carboxylic acids is 1. The summed E-state index contributed by atoms with van der Waals surface area (Å²) in [6.45, 7) is 4.75. The molecule has 2 heterocycles. The summed E-state index contributed by atoms with van der Waals surface area (Å²) in [6.07, 6.45) is 0.904. The Bertz CT molecular complexity index is 1210. The zero-order chi connectivity index (χ0) is 23.3. The van der Waals surface area contributed by atoms with Gasteiger partial charge in [0.15, 0.2) is 0 Å². The molecule has 2 aliphatic rings. The van der Waals surface area contributed by atoms with Crippen molar-refractivity contribution in [3.8, 4) is 28.6 Å². The Morgan fingerprint density at radius 3 is 2.82 bits per heavy atom. The molecule has 2 aromatic carbocycles. The topological polar surface area (TPSA) is 77.7 Å². The van der Waals surface area contributed by atoms with Gasteiger partial charge in [-0.25, -0.2) is 0 Å². The lowest BCUT2D eigenvalue weighted by atomic mass is 9.93. The second kappa shape index (κ2) is 8.37. The maximum atomic E-state index is 12.0. The van der Waals surface area contributed by atoms with Crippen LogP contribution >= 0.6 is 11.6 Å². The molecule has 1 unspecified atom stereocenters. The second-order valence-corrected chi connectivity index (χ2v) is 9.40. The molecule has 8 heteroatoms. The first kappa shape index (κ1) is 21.8. The van der Waals surface area contributed by atoms with E-state index in [4.69, 9.17) is 25.6 Å². The summed E-state index contributed by atoms with van der Waals surface area (Å²) >= 11 is 6.38. The van der Waals surface area contributed by atoms with Crippen molar-refractivity contribution in [3.05, 3.63) is 47.0 Å². The minimum atomic E-state index is -0.112. The molecule has 0 bridgehead atoms. The molecule has 0 saturated heterocycles. The molecular formula is C25H26ClN3O4. The number of fused-ring (bicyclic) bond motifs is 1. The molecule has 0 amide bonds. The van der Waals surface area contributed by atoms with Crippen LogP contribution in [0.2, 0.25) is 5.02 Å². The maximum Gasteiger partial charge on any atom is 0.308 e. The van der Waals surface area contributed by atoms with Crippen molar-refractivity contribution in [3.63, 3.8) is 0 Å². The number of rotatable bonds is 6. The monoisotopic (exact) mass is 467 g/mol. The number of aromatic nitrogens is 2. The zero-order valence-corrected chi connectivity index (χ0v) is 19.8. The van der Waals surface area contributed by atoms with Gasteiger partial charge in [-0.15, -0.1) is 0 Å². The highest BCUT2D eigenvalue weighted by Gasteiger charge is 2.51. The summed E-state index contributed by atoms with van der Waals surface area (Å²) in [7, 11) is 3.52. The number of anilines is 1. The summed E-state index contributed by atoms with van der Waals surface area (Å²) in [6, 6.07) is 11.6. The van der Waals surface area contributed by atoms with Crippen LogP contribution < -0.4 is 9.64 Å². The van der Waals surface area contributed by atoms with Gasteiger partial charge in [-0.1, -0.05) is 28.9 Å². The van der Waals surface area contributed by atoms with E-state index in [9.17, 15) is 4.79 Å². The minimum absolute atomic E-state index is 0.00724. The average molecular weight is 468 g/mol. The molecule has 1 aromatic heterocycles. The van der Waals surface area contributed by atoms with Gasteiger partial charge in [0.25, 0.3) is 5.89 Å². The van der Waals surface area contributed by atoms with Crippen LogP contribution in [0.15, 0.2) is 40.9 Å². The number of methoxy groups -OCH3 is 1. The molecule has 33 heavy (non-hydrogen) atoms. The fourth-order valence-electron chi connectivity index (χ4n) is 4.83. The molecule has 3 aromatic rings. The Labute approximate surface area is 197 Å². The number of carbonyl (C=O) groups is 1. The Morgan fingerprint density at radius 2 is 2.09 bits per heavy atom. The van der Waals surface area contributed by atoms with Crippen molar-refractivity contribution in [2.45, 2.75) is 32.3 Å². The number of ether oxygens (including phenoxy) is 2. The van der Waals surface area contributed by atoms with Crippen LogP contribution in [0.3, 0.4) is 0 Å². The molecule has 1 fully saturated rings. The zero-order valence-electron chi connectivity index (χ0n) is 19.0. The largest absolute Gasteiger partial charge is 0.489 e. The Balaban J connectivity index is 1.43. The van der Waals surface area contributed by atoms with Gasteiger partial charge in [0.05, 0.1) is 29.8 Å². The Hall–Kier alpha value is -3.06. The van der Waals surface area contributed by atoms with E-state index in [-0.39, 0.29) is 23.9 Å². The van der Waals surface area contributed by atoms with E-state index in [1.807, 2.05) is 38.1 Å². The lowest BCUT2D eigenvalue weighted by Gasteiger charge is -2.14. The van der Waals surface area contributed by atoms with Gasteiger partial charge < -0.3 is 18.9 Å². The number of hydrogen-bond acceptors (Lipinski definition) is 7. The van der Waals surface area contributed by atoms with Gasteiger partial charge >= 0.3 is 5.97 Å². The molecular weight excluding hydrogens is 442 g/mol. The molecule has 1 aliphatic carbocycles. The number of nitrogens with zero attached hydrogens (tertiary/aromatic N) is 3. The van der Waals surface area contributed by atoms with Gasteiger partial charge in [-0.05, 0) is 56.0 Å². The predicted octanol–water partition coefficient (Wildman–Crippen LogP) is 5.19. The number of esters is 1. The van der Waals surface area contributed by atoms with Crippen LogP contribution in [0.5, 0.6) is 5.75 Å². The average Bonchev–Trinajstić information content (AvgIpc) is 3.29. The fraction of sp³-hybridized carbons (Fsp3) is 0.400. The van der Waals surface area contributed by atoms with E-state index in [1.165, 1.54) is 12.7 Å². The van der Waals surface area contributed by atoms with Crippen molar-refractivity contribution in [1.82, 2.24) is 10.1 Å². The fourth-order valence-corrected chi connectivity index (χ4v) is 5.06. The van der Waals surface area contributed by atoms with Gasteiger partial charge in [-0.3, -0.25) is 4.79 Å². The molecule has 0 spiro atoms. The highest BCUT2D eigenvalue weighted by Crippen LogP contribution is 2.55. The summed E-state index contributed by atoms with van der Waals surface area (Å²) in [5, 5.41) is 4.75. The normalized spacial score (nSPS) is 21.3. The summed E-state index contributed by atoms with van der Waals surface area (Å²) < 4.78 is 16.2. The van der Waals surface area contributed by atoms with Crippen LogP contribution in [-0.2, 0) is 9.53 Å². The van der Waals surface area contributed by atoms with Crippen molar-refractivity contribution in [2.24, 2.45) is 11.8 Å². The van der Waals surface area contributed by atoms with Crippen LogP contribution in [0, 0.1) is 11.8 Å². The highest BCUT2D eigenvalue weighted by molar-refractivity contribution is 6.32. The van der Waals surface area contributed by atoms with E-state index in [0.29, 0.717) is 28.4 Å². The number of hydrogen-bond donors (Lipinski definition) is 0. The molecule has 1 aliphatic heterocycles. The number of likely N-dealkylation sites (N-methyl/N-ethyl adjacent to an activating group) is 1. The van der Waals surface area contributed by atoms with E-state index in [2.05, 4.69) is 28.2 Å². The predicted molar refractivity (Wildman–Crippen MR) is 126 cm³/mol. The Kier molecular flexibility index (Phi) is 5.52. The van der Waals surface area contributed by atoms with Gasteiger partial charge in [-0.2, -0.15) is 4.98 Å². The molecule has 172 valence electrons. The summed E-state index contributed by atoms with van der Waals surface area (Å²) in [4.78, 5) is 18.8. The van der Waals surface area contributed by atoms with Gasteiger partial charge in [0, 0.05) is 30.6 Å². The molecule has 0 N–H and O–H groups in total. The molecule has 7 nitrogen and oxygen atoms in total. The molecule has 5 rings (SSSR count). The Morgan fingerprint density at radius 1 is 1.27 bits per heavy atom. The van der Waals surface area contributed by atoms with E-state index < -0.39 is 0 Å². The van der Waals surface area contributed by atoms with Crippen molar-refractivity contribution < 1.29 is 18.8 Å². The van der Waals surface area contributed by atoms with E-state index in [1.54, 1.807) is 6.07 Å². The third-order valence-corrected chi connectivity index (χ3v) is 6.68. The van der Waals surface area contributed by atoms with E-state index >= 15 is 0 Å². The number of benzene rings is 2. The summed E-state index contributed by atoms with van der Waals surface area (Å²) in [5.74, 6) is 2.01. The number of halogens is 1. The van der Waals surface area contributed by atoms with E-state index in [0.717, 1.165) is 29.8 Å². The second-order valence-electron chi connectivity index (χ2n) is 8.99. The first-order valence-corrected chi connectivity index (χ1v) is 11.5. The standard InChI is InChI=1S/C25H26ClN3O4/c1-13(2)32-21-9-8-14(10-20(21)26)24-27-23(28-33-24)16-7-5-6-15-19(12-29(3)22(15)16)17-11-18(17)25(30)31-4/h5-10,13,17-19H,11-12H2,1-4H3/t17-,18+,19?/m0/s1. The van der Waals surface area contributed by atoms with Crippen LogP contribution in [0.25, 0.3) is 22.8 Å². The first-order chi connectivity index (χ1) is 15.9. The quantitative estimate of drug-likeness (QED) is 0.462. The number of para-hydroxylation sites is 1. The van der Waals surface area contributed by atoms with Crippen LogP contribution in [-0.4, -0.2) is 42.9 Å². The molecule has 0 radical (unpaired) electrons. The van der Waals surface area contributed by atoms with Crippen molar-refractivity contribution in [2.75, 3.05) is 25.6 Å². The van der Waals surface area contributed by atoms with Crippen molar-refractivity contribution >= 4 is 23.3 Å². The van der Waals surface area contributed by atoms with Crippen LogP contribution in [0.1, 0.15) is 31.7 Å². The highest BCUT2D eigenvalue weighted by atomic mass is 35.5. The van der Waals surface area contributed by atoms with Crippen LogP contribution in [0.4, 0.5) is 5.69 Å². The lowest BCUT2D eigenvalue weighted by Crippen LogP contribution is -2.18. The third-order valence-electron chi connectivity index (χ3n) is 6.39. The smallest absolute Gasteiger partial charge is 0.308 e. The lowest BCUT2D eigenvalue weighted by molar-refractivity contribution is -0.142. The van der Waals surface area contributed by atoms with Crippen molar-refractivity contribution in [1.29, 1.82) is 0 Å². The third kappa shape index (κ3) is 3.95. The molecule has 1 saturated carbocycles. The van der Waals surface area contributed by atoms with Gasteiger partial charge in [0.2, 0.25) is 5.82 Å². The first-order valence-electron chi connectivity index (χ1n) is 11.1. The maximum absolute atomic E-state index is 12.0. The summed E-state index contributed by atoms with van der Waals surface area (Å²) in [5.41, 5.74) is 3.95. The SMILES string of the molecule is COC(=O)[C@@H]1C[C@@H]1C1CN(C)c2c(-c3noc(-c4ccc(OC(C)C)c(Cl)c4)n3)cccc21. The molecule has 3 atom stereocenters. The van der Waals surface area contributed by atoms with Gasteiger partial charge in [0.1, 0.15) is 5.75 Å².